The van der Waals surface area contributed by atoms with E-state index >= 15 is 0 Å². The highest BCUT2D eigenvalue weighted by atomic mass is 32.1. The molecule has 0 spiro atoms. The Labute approximate surface area is 146 Å². The molecule has 1 aliphatic rings. The third-order valence-electron chi connectivity index (χ3n) is 3.95. The van der Waals surface area contributed by atoms with Gasteiger partial charge in [0, 0.05) is 4.88 Å². The van der Waals surface area contributed by atoms with Gasteiger partial charge < -0.3 is 10.6 Å². The molecule has 7 heteroatoms. The molecule has 2 unspecified atom stereocenters. The highest BCUT2D eigenvalue weighted by Crippen LogP contribution is 2.25. The molecule has 2 atom stereocenters. The van der Waals surface area contributed by atoms with Gasteiger partial charge in [-0.1, -0.05) is 33.8 Å². The van der Waals surface area contributed by atoms with Gasteiger partial charge in [-0.3, -0.25) is 14.5 Å². The SMILES string of the molecule is CC(C)CC1NC(=O)N(CC(=O)NC(c2cccs2)C(C)C)C1=O. The zero-order chi connectivity index (χ0) is 17.9. The summed E-state index contributed by atoms with van der Waals surface area (Å²) in [6.45, 7) is 7.79. The number of rotatable bonds is 7. The third kappa shape index (κ3) is 4.35. The number of thiophene rings is 1. The number of urea groups is 1. The van der Waals surface area contributed by atoms with Gasteiger partial charge in [0.1, 0.15) is 12.6 Å². The number of amides is 4. The maximum absolute atomic E-state index is 12.3. The lowest BCUT2D eigenvalue weighted by Gasteiger charge is -2.22. The molecule has 0 bridgehead atoms. The van der Waals surface area contributed by atoms with Crippen LogP contribution in [0, 0.1) is 11.8 Å². The van der Waals surface area contributed by atoms with Gasteiger partial charge in [0.2, 0.25) is 5.91 Å². The normalized spacial score (nSPS) is 19.1. The smallest absolute Gasteiger partial charge is 0.325 e. The van der Waals surface area contributed by atoms with E-state index in [1.54, 1.807) is 11.3 Å². The van der Waals surface area contributed by atoms with Crippen LogP contribution in [0.25, 0.3) is 0 Å². The second-order valence-electron chi connectivity index (χ2n) is 6.86. The molecule has 1 aromatic heterocycles. The van der Waals surface area contributed by atoms with Crippen molar-refractivity contribution in [2.24, 2.45) is 11.8 Å². The van der Waals surface area contributed by atoms with Crippen LogP contribution < -0.4 is 10.6 Å². The molecule has 0 aliphatic carbocycles. The molecule has 0 saturated carbocycles. The Morgan fingerprint density at radius 2 is 2.04 bits per heavy atom. The number of hydrogen-bond donors (Lipinski definition) is 2. The molecule has 0 radical (unpaired) electrons. The van der Waals surface area contributed by atoms with E-state index in [1.807, 2.05) is 45.2 Å². The first kappa shape index (κ1) is 18.4. The molecule has 2 N–H and O–H groups in total. The standard InChI is InChI=1S/C17H25N3O3S/c1-10(2)8-12-16(22)20(17(23)18-12)9-14(21)19-15(11(3)4)13-6-5-7-24-13/h5-7,10-12,15H,8-9H2,1-4H3,(H,18,23)(H,19,21). The van der Waals surface area contributed by atoms with Crippen molar-refractivity contribution >= 4 is 29.2 Å². The summed E-state index contributed by atoms with van der Waals surface area (Å²) in [5.41, 5.74) is 0. The lowest BCUT2D eigenvalue weighted by atomic mass is 10.0. The lowest BCUT2D eigenvalue weighted by molar-refractivity contribution is -0.132. The second-order valence-corrected chi connectivity index (χ2v) is 7.84. The van der Waals surface area contributed by atoms with Gasteiger partial charge in [0.15, 0.2) is 0 Å². The van der Waals surface area contributed by atoms with Crippen molar-refractivity contribution in [2.45, 2.75) is 46.2 Å². The van der Waals surface area contributed by atoms with Gasteiger partial charge in [0.25, 0.3) is 5.91 Å². The average Bonchev–Trinajstić information content (AvgIpc) is 3.09. The van der Waals surface area contributed by atoms with Crippen molar-refractivity contribution in [3.63, 3.8) is 0 Å². The number of carbonyl (C=O) groups excluding carboxylic acids is 3. The zero-order valence-corrected chi connectivity index (χ0v) is 15.4. The Morgan fingerprint density at radius 3 is 2.58 bits per heavy atom. The van der Waals surface area contributed by atoms with Crippen molar-refractivity contribution in [2.75, 3.05) is 6.54 Å². The Bertz CT molecular complexity index is 598. The van der Waals surface area contributed by atoms with Crippen molar-refractivity contribution < 1.29 is 14.4 Å². The number of hydrogen-bond acceptors (Lipinski definition) is 4. The molecule has 1 fully saturated rings. The van der Waals surface area contributed by atoms with Gasteiger partial charge >= 0.3 is 6.03 Å². The fourth-order valence-corrected chi connectivity index (χ4v) is 3.70. The van der Waals surface area contributed by atoms with Crippen molar-refractivity contribution in [1.29, 1.82) is 0 Å². The summed E-state index contributed by atoms with van der Waals surface area (Å²) in [4.78, 5) is 38.7. The number of nitrogens with zero attached hydrogens (tertiary/aromatic N) is 1. The van der Waals surface area contributed by atoms with Gasteiger partial charge in [-0.15, -0.1) is 11.3 Å². The van der Waals surface area contributed by atoms with Gasteiger partial charge in [-0.2, -0.15) is 0 Å². The van der Waals surface area contributed by atoms with Crippen LogP contribution in [0.1, 0.15) is 45.0 Å². The number of nitrogens with one attached hydrogen (secondary N) is 2. The van der Waals surface area contributed by atoms with Crippen molar-refractivity contribution in [3.8, 4) is 0 Å². The van der Waals surface area contributed by atoms with E-state index in [-0.39, 0.29) is 36.2 Å². The quantitative estimate of drug-likeness (QED) is 0.741. The first-order valence-electron chi connectivity index (χ1n) is 8.24. The summed E-state index contributed by atoms with van der Waals surface area (Å²) in [7, 11) is 0. The molecule has 132 valence electrons. The summed E-state index contributed by atoms with van der Waals surface area (Å²) < 4.78 is 0. The van der Waals surface area contributed by atoms with Crippen LogP contribution in [-0.4, -0.2) is 35.3 Å². The predicted octanol–water partition coefficient (Wildman–Crippen LogP) is 2.53. The minimum absolute atomic E-state index is 0.121. The fraction of sp³-hybridized carbons (Fsp3) is 0.588. The highest BCUT2D eigenvalue weighted by Gasteiger charge is 2.39. The molecule has 1 aliphatic heterocycles. The molecular weight excluding hydrogens is 326 g/mol. The van der Waals surface area contributed by atoms with Gasteiger partial charge in [-0.25, -0.2) is 4.79 Å². The first-order chi connectivity index (χ1) is 11.3. The van der Waals surface area contributed by atoms with E-state index < -0.39 is 12.1 Å². The number of imide groups is 1. The van der Waals surface area contributed by atoms with Crippen LogP contribution in [0.3, 0.4) is 0 Å². The first-order valence-corrected chi connectivity index (χ1v) is 9.12. The van der Waals surface area contributed by atoms with E-state index in [4.69, 9.17) is 0 Å². The molecule has 4 amide bonds. The Morgan fingerprint density at radius 1 is 1.33 bits per heavy atom. The molecule has 1 aromatic rings. The van der Waals surface area contributed by atoms with Crippen LogP contribution in [-0.2, 0) is 9.59 Å². The van der Waals surface area contributed by atoms with Crippen LogP contribution in [0.4, 0.5) is 4.79 Å². The highest BCUT2D eigenvalue weighted by molar-refractivity contribution is 7.10. The summed E-state index contributed by atoms with van der Waals surface area (Å²) in [5, 5.41) is 7.56. The van der Waals surface area contributed by atoms with E-state index in [0.717, 1.165) is 9.78 Å². The molecule has 24 heavy (non-hydrogen) atoms. The predicted molar refractivity (Wildman–Crippen MR) is 93.5 cm³/mol. The van der Waals surface area contributed by atoms with E-state index in [2.05, 4.69) is 10.6 Å². The Hall–Kier alpha value is -1.89. The van der Waals surface area contributed by atoms with Gasteiger partial charge in [0.05, 0.1) is 6.04 Å². The molecule has 2 heterocycles. The largest absolute Gasteiger partial charge is 0.347 e. The minimum atomic E-state index is -0.525. The maximum Gasteiger partial charge on any atom is 0.325 e. The van der Waals surface area contributed by atoms with E-state index in [0.29, 0.717) is 6.42 Å². The maximum atomic E-state index is 12.3. The van der Waals surface area contributed by atoms with Crippen LogP contribution in [0.2, 0.25) is 0 Å². The summed E-state index contributed by atoms with van der Waals surface area (Å²) in [6, 6.07) is 2.78. The molecular formula is C17H25N3O3S. The van der Waals surface area contributed by atoms with Crippen LogP contribution in [0.5, 0.6) is 0 Å². The molecule has 6 nitrogen and oxygen atoms in total. The monoisotopic (exact) mass is 351 g/mol. The molecule has 2 rings (SSSR count). The average molecular weight is 351 g/mol. The minimum Gasteiger partial charge on any atom is -0.347 e. The summed E-state index contributed by atoms with van der Waals surface area (Å²) in [6.07, 6.45) is 0.576. The van der Waals surface area contributed by atoms with Crippen molar-refractivity contribution in [1.82, 2.24) is 15.5 Å². The summed E-state index contributed by atoms with van der Waals surface area (Å²) >= 11 is 1.58. The zero-order valence-electron chi connectivity index (χ0n) is 14.5. The number of carbonyl (C=O) groups is 3. The summed E-state index contributed by atoms with van der Waals surface area (Å²) in [5.74, 6) is -0.140. The van der Waals surface area contributed by atoms with Crippen LogP contribution >= 0.6 is 11.3 Å². The van der Waals surface area contributed by atoms with E-state index in [1.165, 1.54) is 0 Å². The molecule has 1 saturated heterocycles. The lowest BCUT2D eigenvalue weighted by Crippen LogP contribution is -2.43. The second kappa shape index (κ2) is 7.79. The topological polar surface area (TPSA) is 78.5 Å². The van der Waals surface area contributed by atoms with Crippen molar-refractivity contribution in [3.05, 3.63) is 22.4 Å². The fourth-order valence-electron chi connectivity index (χ4n) is 2.76. The Balaban J connectivity index is 1.98. The van der Waals surface area contributed by atoms with Gasteiger partial charge in [-0.05, 0) is 29.7 Å². The van der Waals surface area contributed by atoms with E-state index in [9.17, 15) is 14.4 Å². The Kier molecular flexibility index (Phi) is 5.99. The third-order valence-corrected chi connectivity index (χ3v) is 4.90. The molecule has 0 aromatic carbocycles. The van der Waals surface area contributed by atoms with Crippen LogP contribution in [0.15, 0.2) is 17.5 Å².